The monoisotopic (exact) mass is 185 g/mol. The number of azide groups is 1. The first kappa shape index (κ1) is 9.44. The van der Waals surface area contributed by atoms with Crippen molar-refractivity contribution in [1.82, 2.24) is 0 Å². The molecule has 0 fully saturated rings. The fourth-order valence-electron chi connectivity index (χ4n) is 0.850. The summed E-state index contributed by atoms with van der Waals surface area (Å²) in [5.41, 5.74) is 7.38. The van der Waals surface area contributed by atoms with Gasteiger partial charge < -0.3 is 5.11 Å². The van der Waals surface area contributed by atoms with Gasteiger partial charge in [0.2, 0.25) is 0 Å². The predicted molar refractivity (Wildman–Crippen MR) is 41.1 cm³/mol. The topological polar surface area (TPSA) is 69.0 Å². The van der Waals surface area contributed by atoms with Gasteiger partial charge in [-0.05, 0) is 23.2 Å². The van der Waals surface area contributed by atoms with E-state index in [9.17, 15) is 8.78 Å². The van der Waals surface area contributed by atoms with Gasteiger partial charge in [-0.1, -0.05) is 5.11 Å². The van der Waals surface area contributed by atoms with Crippen molar-refractivity contribution in [2.75, 3.05) is 0 Å². The minimum absolute atomic E-state index is 0.0897. The highest BCUT2D eigenvalue weighted by molar-refractivity contribution is 5.42. The molecule has 0 aliphatic heterocycles. The van der Waals surface area contributed by atoms with Crippen LogP contribution in [0.5, 0.6) is 0 Å². The molecule has 0 aliphatic rings. The summed E-state index contributed by atoms with van der Waals surface area (Å²) in [7, 11) is 0. The van der Waals surface area contributed by atoms with Crippen molar-refractivity contribution < 1.29 is 13.9 Å². The summed E-state index contributed by atoms with van der Waals surface area (Å²) in [6.45, 7) is -0.468. The van der Waals surface area contributed by atoms with Crippen LogP contribution >= 0.6 is 0 Å². The van der Waals surface area contributed by atoms with Crippen molar-refractivity contribution in [2.24, 2.45) is 5.11 Å². The van der Waals surface area contributed by atoms with Crippen LogP contribution in [-0.4, -0.2) is 5.11 Å². The third kappa shape index (κ3) is 1.93. The van der Waals surface area contributed by atoms with Crippen LogP contribution < -0.4 is 0 Å². The second-order valence-corrected chi connectivity index (χ2v) is 2.26. The molecule has 0 atom stereocenters. The zero-order chi connectivity index (χ0) is 9.84. The molecular formula is C7H5F2N3O. The van der Waals surface area contributed by atoms with E-state index in [1.54, 1.807) is 0 Å². The second-order valence-electron chi connectivity index (χ2n) is 2.26. The van der Waals surface area contributed by atoms with Crippen LogP contribution in [0.25, 0.3) is 10.4 Å². The number of rotatable bonds is 2. The van der Waals surface area contributed by atoms with E-state index in [0.717, 1.165) is 12.1 Å². The van der Waals surface area contributed by atoms with E-state index in [4.69, 9.17) is 10.6 Å². The Morgan fingerprint density at radius 1 is 1.38 bits per heavy atom. The third-order valence-corrected chi connectivity index (χ3v) is 1.40. The lowest BCUT2D eigenvalue weighted by Crippen LogP contribution is -1.89. The SMILES string of the molecule is [N-]=[N+]=Nc1c(F)cc(CO)cc1F. The quantitative estimate of drug-likeness (QED) is 0.429. The number of hydrogen-bond donors (Lipinski definition) is 1. The van der Waals surface area contributed by atoms with Crippen LogP contribution in [-0.2, 0) is 6.61 Å². The van der Waals surface area contributed by atoms with Crippen LogP contribution in [0, 0.1) is 11.6 Å². The summed E-state index contributed by atoms with van der Waals surface area (Å²) >= 11 is 0. The molecule has 0 bridgehead atoms. The maximum Gasteiger partial charge on any atom is 0.136 e. The highest BCUT2D eigenvalue weighted by Gasteiger charge is 2.08. The minimum Gasteiger partial charge on any atom is -0.392 e. The molecule has 0 saturated carbocycles. The Kier molecular flexibility index (Phi) is 2.79. The van der Waals surface area contributed by atoms with Gasteiger partial charge in [-0.25, -0.2) is 8.78 Å². The minimum atomic E-state index is -0.984. The predicted octanol–water partition coefficient (Wildman–Crippen LogP) is 2.40. The van der Waals surface area contributed by atoms with Gasteiger partial charge in [0, 0.05) is 4.91 Å². The molecule has 4 nitrogen and oxygen atoms in total. The van der Waals surface area contributed by atoms with E-state index in [0.29, 0.717) is 0 Å². The van der Waals surface area contributed by atoms with Gasteiger partial charge in [-0.15, -0.1) is 0 Å². The summed E-state index contributed by atoms with van der Waals surface area (Å²) in [5.74, 6) is -1.97. The highest BCUT2D eigenvalue weighted by atomic mass is 19.1. The fourth-order valence-corrected chi connectivity index (χ4v) is 0.850. The Morgan fingerprint density at radius 2 is 1.92 bits per heavy atom. The number of aliphatic hydroxyl groups is 1. The van der Waals surface area contributed by atoms with Crippen molar-refractivity contribution in [2.45, 2.75) is 6.61 Å². The van der Waals surface area contributed by atoms with Gasteiger partial charge in [0.25, 0.3) is 0 Å². The van der Waals surface area contributed by atoms with Crippen LogP contribution in [0.2, 0.25) is 0 Å². The van der Waals surface area contributed by atoms with Crippen molar-refractivity contribution >= 4 is 5.69 Å². The second kappa shape index (κ2) is 3.84. The zero-order valence-corrected chi connectivity index (χ0v) is 6.41. The first-order valence-electron chi connectivity index (χ1n) is 3.33. The lowest BCUT2D eigenvalue weighted by atomic mass is 10.2. The lowest BCUT2D eigenvalue weighted by molar-refractivity contribution is 0.280. The van der Waals surface area contributed by atoms with Crippen LogP contribution in [0.4, 0.5) is 14.5 Å². The van der Waals surface area contributed by atoms with Crippen LogP contribution in [0.1, 0.15) is 5.56 Å². The number of benzene rings is 1. The lowest BCUT2D eigenvalue weighted by Gasteiger charge is -2.00. The summed E-state index contributed by atoms with van der Waals surface area (Å²) < 4.78 is 25.7. The summed E-state index contributed by atoms with van der Waals surface area (Å²) in [6.07, 6.45) is 0. The molecule has 0 spiro atoms. The molecule has 6 heteroatoms. The number of hydrogen-bond acceptors (Lipinski definition) is 2. The molecule has 13 heavy (non-hydrogen) atoms. The van der Waals surface area contributed by atoms with Crippen LogP contribution in [0.3, 0.4) is 0 Å². The Hall–Kier alpha value is -1.65. The molecule has 1 aromatic carbocycles. The van der Waals surface area contributed by atoms with E-state index in [2.05, 4.69) is 10.0 Å². The molecule has 1 rings (SSSR count). The highest BCUT2D eigenvalue weighted by Crippen LogP contribution is 2.23. The third-order valence-electron chi connectivity index (χ3n) is 1.40. The van der Waals surface area contributed by atoms with Crippen molar-refractivity contribution in [3.63, 3.8) is 0 Å². The Bertz CT molecular complexity index is 351. The van der Waals surface area contributed by atoms with E-state index >= 15 is 0 Å². The summed E-state index contributed by atoms with van der Waals surface area (Å²) in [5, 5.41) is 11.4. The molecule has 0 saturated heterocycles. The van der Waals surface area contributed by atoms with Gasteiger partial charge in [-0.2, -0.15) is 0 Å². The molecule has 0 radical (unpaired) electrons. The zero-order valence-electron chi connectivity index (χ0n) is 6.41. The Morgan fingerprint density at radius 3 is 2.31 bits per heavy atom. The molecule has 0 unspecified atom stereocenters. The normalized spacial score (nSPS) is 9.46. The van der Waals surface area contributed by atoms with Crippen molar-refractivity contribution in [3.05, 3.63) is 39.8 Å². The fraction of sp³-hybridized carbons (Fsp3) is 0.143. The average Bonchev–Trinajstić information content (AvgIpc) is 2.11. The van der Waals surface area contributed by atoms with E-state index in [1.807, 2.05) is 0 Å². The molecule has 1 aromatic rings. The maximum absolute atomic E-state index is 12.9. The van der Waals surface area contributed by atoms with E-state index in [1.165, 1.54) is 0 Å². The number of halogens is 2. The number of nitrogens with zero attached hydrogens (tertiary/aromatic N) is 3. The molecule has 0 amide bonds. The molecule has 1 N–H and O–H groups in total. The van der Waals surface area contributed by atoms with Crippen LogP contribution in [0.15, 0.2) is 17.2 Å². The molecule has 0 aromatic heterocycles. The molecular weight excluding hydrogens is 180 g/mol. The molecule has 0 aliphatic carbocycles. The van der Waals surface area contributed by atoms with E-state index in [-0.39, 0.29) is 5.56 Å². The number of aliphatic hydroxyl groups excluding tert-OH is 1. The first-order valence-corrected chi connectivity index (χ1v) is 3.33. The first-order chi connectivity index (χ1) is 6.19. The standard InChI is InChI=1S/C7H5F2N3O/c8-5-1-4(3-13)2-6(9)7(5)11-12-10/h1-2,13H,3H2. The largest absolute Gasteiger partial charge is 0.392 e. The van der Waals surface area contributed by atoms with Gasteiger partial charge in [0.05, 0.1) is 6.61 Å². The Labute approximate surface area is 72.1 Å². The maximum atomic E-state index is 12.9. The summed E-state index contributed by atoms with van der Waals surface area (Å²) in [6, 6.07) is 1.82. The summed E-state index contributed by atoms with van der Waals surface area (Å²) in [4.78, 5) is 2.27. The Balaban J connectivity index is 3.30. The van der Waals surface area contributed by atoms with Gasteiger partial charge >= 0.3 is 0 Å². The van der Waals surface area contributed by atoms with Gasteiger partial charge in [-0.3, -0.25) is 0 Å². The van der Waals surface area contributed by atoms with Crippen molar-refractivity contribution in [3.8, 4) is 0 Å². The molecule has 68 valence electrons. The van der Waals surface area contributed by atoms with Crippen molar-refractivity contribution in [1.29, 1.82) is 0 Å². The van der Waals surface area contributed by atoms with Gasteiger partial charge in [0.15, 0.2) is 0 Å². The van der Waals surface area contributed by atoms with Gasteiger partial charge in [0.1, 0.15) is 17.3 Å². The van der Waals surface area contributed by atoms with E-state index < -0.39 is 23.9 Å². The average molecular weight is 185 g/mol. The smallest absolute Gasteiger partial charge is 0.136 e. The molecule has 0 heterocycles.